The summed E-state index contributed by atoms with van der Waals surface area (Å²) in [5, 5.41) is 2.39. The molecular formula is C30H21Cl2NO. The van der Waals surface area contributed by atoms with Crippen LogP contribution in [0.15, 0.2) is 108 Å². The van der Waals surface area contributed by atoms with Crippen molar-refractivity contribution in [1.29, 1.82) is 0 Å². The first-order chi connectivity index (χ1) is 16.6. The highest BCUT2D eigenvalue weighted by atomic mass is 35.5. The van der Waals surface area contributed by atoms with Crippen LogP contribution in [0.3, 0.4) is 0 Å². The molecule has 4 heteroatoms. The topological polar surface area (TPSA) is 32.9 Å². The number of H-pyrrole nitrogens is 1. The third kappa shape index (κ3) is 4.84. The summed E-state index contributed by atoms with van der Waals surface area (Å²) in [7, 11) is 0. The Kier molecular flexibility index (Phi) is 6.35. The van der Waals surface area contributed by atoms with E-state index in [9.17, 15) is 4.79 Å². The molecule has 0 aliphatic carbocycles. The molecule has 0 radical (unpaired) electrons. The summed E-state index contributed by atoms with van der Waals surface area (Å²) >= 11 is 12.2. The molecule has 4 aromatic carbocycles. The Hall–Kier alpha value is -3.59. The van der Waals surface area contributed by atoms with Gasteiger partial charge in [-0.15, -0.1) is 0 Å². The Bertz CT molecular complexity index is 1520. The van der Waals surface area contributed by atoms with E-state index in [4.69, 9.17) is 23.2 Å². The predicted molar refractivity (Wildman–Crippen MR) is 144 cm³/mol. The molecule has 1 atom stereocenters. The van der Waals surface area contributed by atoms with Crippen LogP contribution in [0.25, 0.3) is 23.1 Å². The van der Waals surface area contributed by atoms with Gasteiger partial charge in [0, 0.05) is 32.9 Å². The van der Waals surface area contributed by atoms with Crippen molar-refractivity contribution in [3.63, 3.8) is 0 Å². The van der Waals surface area contributed by atoms with Crippen LogP contribution in [-0.4, -0.2) is 4.98 Å². The smallest absolute Gasteiger partial charge is 0.249 e. The summed E-state index contributed by atoms with van der Waals surface area (Å²) in [5.41, 5.74) is 6.01. The van der Waals surface area contributed by atoms with Crippen LogP contribution in [0.5, 0.6) is 0 Å². The molecule has 2 nitrogen and oxygen atoms in total. The van der Waals surface area contributed by atoms with Gasteiger partial charge in [0.25, 0.3) is 0 Å². The SMILES string of the molecule is O=c1cc(C=Cc2ccc(Cl)cc2)c2cc(C(c3ccccc3)c3ccc(Cl)cc3)ccc2[nH]1. The average Bonchev–Trinajstić information content (AvgIpc) is 2.86. The second-order valence-corrected chi connectivity index (χ2v) is 9.05. The summed E-state index contributed by atoms with van der Waals surface area (Å²) in [6, 6.07) is 33.9. The monoisotopic (exact) mass is 481 g/mol. The molecular weight excluding hydrogens is 461 g/mol. The first kappa shape index (κ1) is 22.2. The highest BCUT2D eigenvalue weighted by Crippen LogP contribution is 2.34. The van der Waals surface area contributed by atoms with Crippen LogP contribution >= 0.6 is 23.2 Å². The highest BCUT2D eigenvalue weighted by molar-refractivity contribution is 6.30. The quantitative estimate of drug-likeness (QED) is 0.252. The molecule has 0 saturated heterocycles. The van der Waals surface area contributed by atoms with Crippen molar-refractivity contribution in [3.05, 3.63) is 151 Å². The normalized spacial score (nSPS) is 12.3. The van der Waals surface area contributed by atoms with E-state index in [-0.39, 0.29) is 11.5 Å². The number of halogens is 2. The maximum absolute atomic E-state index is 12.3. The molecule has 0 amide bonds. The van der Waals surface area contributed by atoms with E-state index >= 15 is 0 Å². The first-order valence-corrected chi connectivity index (χ1v) is 11.7. The van der Waals surface area contributed by atoms with Crippen LogP contribution in [0.4, 0.5) is 0 Å². The van der Waals surface area contributed by atoms with Gasteiger partial charge in [-0.05, 0) is 64.2 Å². The van der Waals surface area contributed by atoms with Crippen molar-refractivity contribution in [1.82, 2.24) is 4.98 Å². The number of nitrogens with one attached hydrogen (secondary N) is 1. The van der Waals surface area contributed by atoms with E-state index in [1.165, 1.54) is 5.56 Å². The van der Waals surface area contributed by atoms with Crippen molar-refractivity contribution >= 4 is 46.3 Å². The van der Waals surface area contributed by atoms with Crippen LogP contribution in [-0.2, 0) is 0 Å². The lowest BCUT2D eigenvalue weighted by Crippen LogP contribution is -2.07. The lowest BCUT2D eigenvalue weighted by atomic mass is 9.84. The van der Waals surface area contributed by atoms with Crippen LogP contribution in [0, 0.1) is 0 Å². The van der Waals surface area contributed by atoms with E-state index in [0.717, 1.165) is 33.2 Å². The van der Waals surface area contributed by atoms with Crippen LogP contribution in [0.2, 0.25) is 10.0 Å². The summed E-state index contributed by atoms with van der Waals surface area (Å²) in [4.78, 5) is 15.3. The first-order valence-electron chi connectivity index (χ1n) is 11.0. The molecule has 0 spiro atoms. The van der Waals surface area contributed by atoms with Gasteiger partial charge < -0.3 is 4.98 Å². The fraction of sp³-hybridized carbons (Fsp3) is 0.0333. The summed E-state index contributed by atoms with van der Waals surface area (Å²) in [6.07, 6.45) is 3.97. The summed E-state index contributed by atoms with van der Waals surface area (Å²) < 4.78 is 0. The Labute approximate surface area is 208 Å². The minimum Gasteiger partial charge on any atom is -0.322 e. The number of rotatable bonds is 5. The number of aromatic nitrogens is 1. The summed E-state index contributed by atoms with van der Waals surface area (Å²) in [5.74, 6) is 0.0305. The van der Waals surface area contributed by atoms with Crippen molar-refractivity contribution in [3.8, 4) is 0 Å². The van der Waals surface area contributed by atoms with Crippen LogP contribution in [0.1, 0.15) is 33.7 Å². The third-order valence-electron chi connectivity index (χ3n) is 5.89. The Morgan fingerprint density at radius 3 is 1.97 bits per heavy atom. The molecule has 0 aliphatic heterocycles. The van der Waals surface area contributed by atoms with E-state index in [1.54, 1.807) is 6.07 Å². The Morgan fingerprint density at radius 1 is 0.647 bits per heavy atom. The van der Waals surface area contributed by atoms with E-state index < -0.39 is 0 Å². The van der Waals surface area contributed by atoms with Gasteiger partial charge in [-0.2, -0.15) is 0 Å². The van der Waals surface area contributed by atoms with Gasteiger partial charge in [0.05, 0.1) is 0 Å². The van der Waals surface area contributed by atoms with E-state index in [0.29, 0.717) is 10.0 Å². The van der Waals surface area contributed by atoms with Crippen molar-refractivity contribution in [2.24, 2.45) is 0 Å². The van der Waals surface area contributed by atoms with E-state index in [1.807, 2.05) is 60.7 Å². The maximum Gasteiger partial charge on any atom is 0.249 e. The van der Waals surface area contributed by atoms with Gasteiger partial charge in [-0.1, -0.05) is 96.0 Å². The Balaban J connectivity index is 1.64. The number of hydrogen-bond acceptors (Lipinski definition) is 1. The fourth-order valence-corrected chi connectivity index (χ4v) is 4.50. The fourth-order valence-electron chi connectivity index (χ4n) is 4.25. The molecule has 1 heterocycles. The largest absolute Gasteiger partial charge is 0.322 e. The molecule has 1 N–H and O–H groups in total. The standard InChI is InChI=1S/C30H21Cl2NO/c31-25-13-7-20(8-14-25)6-9-23-19-29(34)33-28-17-12-24(18-27(23)28)30(21-4-2-1-3-5-21)22-10-15-26(32)16-11-22/h1-19,30H,(H,33,34). The number of hydrogen-bond donors (Lipinski definition) is 1. The maximum atomic E-state index is 12.3. The van der Waals surface area contributed by atoms with Gasteiger partial charge >= 0.3 is 0 Å². The molecule has 0 aliphatic rings. The molecule has 0 saturated carbocycles. The zero-order valence-corrected chi connectivity index (χ0v) is 19.7. The van der Waals surface area contributed by atoms with Crippen molar-refractivity contribution in [2.75, 3.05) is 0 Å². The highest BCUT2D eigenvalue weighted by Gasteiger charge is 2.17. The predicted octanol–water partition coefficient (Wildman–Crippen LogP) is 8.19. The lowest BCUT2D eigenvalue weighted by molar-refractivity contribution is 0.979. The van der Waals surface area contributed by atoms with Gasteiger partial charge in [-0.3, -0.25) is 4.79 Å². The number of aromatic amines is 1. The molecule has 1 unspecified atom stereocenters. The second kappa shape index (κ2) is 9.72. The molecule has 5 aromatic rings. The minimum absolute atomic E-state index is 0.0305. The number of pyridine rings is 1. The lowest BCUT2D eigenvalue weighted by Gasteiger charge is -2.20. The Morgan fingerprint density at radius 2 is 1.26 bits per heavy atom. The number of fused-ring (bicyclic) bond motifs is 1. The average molecular weight is 482 g/mol. The second-order valence-electron chi connectivity index (χ2n) is 8.17. The van der Waals surface area contributed by atoms with Gasteiger partial charge in [0.2, 0.25) is 5.56 Å². The van der Waals surface area contributed by atoms with Gasteiger partial charge in [0.1, 0.15) is 0 Å². The molecule has 0 fully saturated rings. The zero-order chi connectivity index (χ0) is 23.5. The van der Waals surface area contributed by atoms with E-state index in [2.05, 4.69) is 53.5 Å². The van der Waals surface area contributed by atoms with Crippen LogP contribution < -0.4 is 5.56 Å². The molecule has 1 aromatic heterocycles. The third-order valence-corrected chi connectivity index (χ3v) is 6.40. The van der Waals surface area contributed by atoms with Gasteiger partial charge in [0.15, 0.2) is 0 Å². The minimum atomic E-state index is -0.131. The van der Waals surface area contributed by atoms with Gasteiger partial charge in [-0.25, -0.2) is 0 Å². The summed E-state index contributed by atoms with van der Waals surface area (Å²) in [6.45, 7) is 0. The zero-order valence-electron chi connectivity index (χ0n) is 18.2. The molecule has 5 rings (SSSR count). The number of benzene rings is 4. The van der Waals surface area contributed by atoms with Crippen molar-refractivity contribution in [2.45, 2.75) is 5.92 Å². The molecule has 166 valence electrons. The van der Waals surface area contributed by atoms with Crippen molar-refractivity contribution < 1.29 is 0 Å². The molecule has 0 bridgehead atoms. The molecule has 34 heavy (non-hydrogen) atoms.